The van der Waals surface area contributed by atoms with Crippen LogP contribution >= 0.6 is 0 Å². The van der Waals surface area contributed by atoms with Crippen molar-refractivity contribution in [1.29, 1.82) is 0 Å². The number of hydrogen-bond donors (Lipinski definition) is 2. The summed E-state index contributed by atoms with van der Waals surface area (Å²) < 4.78 is 10.9. The molecular formula is C23H31N5O3. The van der Waals surface area contributed by atoms with Gasteiger partial charge in [-0.3, -0.25) is 9.69 Å². The smallest absolute Gasteiger partial charge is 0.206 e. The van der Waals surface area contributed by atoms with Gasteiger partial charge in [-0.05, 0) is 42.5 Å². The lowest BCUT2D eigenvalue weighted by molar-refractivity contribution is -0.0608. The second kappa shape index (κ2) is 9.55. The van der Waals surface area contributed by atoms with Crippen molar-refractivity contribution >= 4 is 28.5 Å². The predicted molar refractivity (Wildman–Crippen MR) is 124 cm³/mol. The summed E-state index contributed by atoms with van der Waals surface area (Å²) >= 11 is 0. The summed E-state index contributed by atoms with van der Waals surface area (Å²) in [6.07, 6.45) is -0.566. The highest BCUT2D eigenvalue weighted by Gasteiger charge is 2.28. The quantitative estimate of drug-likeness (QED) is 0.533. The number of hydrogen-bond acceptors (Lipinski definition) is 8. The zero-order valence-electron chi connectivity index (χ0n) is 18.0. The van der Waals surface area contributed by atoms with Crippen molar-refractivity contribution in [2.75, 3.05) is 80.9 Å². The maximum atomic E-state index is 13.0. The normalized spacial score (nSPS) is 18.7. The predicted octanol–water partition coefficient (Wildman–Crippen LogP) is 1.67. The minimum Gasteiger partial charge on any atom is -0.399 e. The van der Waals surface area contributed by atoms with E-state index in [0.717, 1.165) is 37.6 Å². The van der Waals surface area contributed by atoms with Gasteiger partial charge in [0.25, 0.3) is 0 Å². The van der Waals surface area contributed by atoms with Crippen molar-refractivity contribution in [3.05, 3.63) is 48.0 Å². The van der Waals surface area contributed by atoms with Crippen LogP contribution in [0.3, 0.4) is 0 Å². The maximum Gasteiger partial charge on any atom is 0.206 e. The molecule has 2 aromatic carbocycles. The highest BCUT2D eigenvalue weighted by Crippen LogP contribution is 2.27. The van der Waals surface area contributed by atoms with Crippen LogP contribution < -0.4 is 21.3 Å². The molecule has 2 aliphatic heterocycles. The second-order valence-corrected chi connectivity index (χ2v) is 7.94. The number of piperazine rings is 1. The molecule has 0 amide bonds. The summed E-state index contributed by atoms with van der Waals surface area (Å²) in [6, 6.07) is 13.5. The number of methoxy groups -OCH3 is 1. The number of carbonyl (C=O) groups is 1. The second-order valence-electron chi connectivity index (χ2n) is 7.94. The topological polar surface area (TPSA) is 97.3 Å². The Morgan fingerprint density at radius 2 is 1.58 bits per heavy atom. The number of morpholine rings is 1. The minimum atomic E-state index is -0.566. The molecule has 2 fully saturated rings. The molecule has 1 unspecified atom stereocenters. The van der Waals surface area contributed by atoms with Gasteiger partial charge in [0, 0.05) is 63.3 Å². The minimum absolute atomic E-state index is 0.0143. The molecule has 1 atom stereocenters. The van der Waals surface area contributed by atoms with E-state index in [0.29, 0.717) is 43.2 Å². The van der Waals surface area contributed by atoms with Gasteiger partial charge in [-0.25, -0.2) is 0 Å². The molecule has 2 aromatic rings. The van der Waals surface area contributed by atoms with E-state index in [2.05, 4.69) is 9.80 Å². The fourth-order valence-corrected chi connectivity index (χ4v) is 4.28. The first-order chi connectivity index (χ1) is 15.1. The van der Waals surface area contributed by atoms with Gasteiger partial charge in [0.1, 0.15) is 0 Å². The highest BCUT2D eigenvalue weighted by atomic mass is 16.5. The van der Waals surface area contributed by atoms with E-state index in [-0.39, 0.29) is 5.78 Å². The summed E-state index contributed by atoms with van der Waals surface area (Å²) in [5, 5.41) is 0. The van der Waals surface area contributed by atoms with Crippen molar-refractivity contribution in [1.82, 2.24) is 4.90 Å². The van der Waals surface area contributed by atoms with Crippen molar-refractivity contribution < 1.29 is 14.3 Å². The lowest BCUT2D eigenvalue weighted by Crippen LogP contribution is -2.48. The fourth-order valence-electron chi connectivity index (χ4n) is 4.28. The van der Waals surface area contributed by atoms with Gasteiger partial charge < -0.3 is 30.7 Å². The third-order valence-electron chi connectivity index (χ3n) is 6.01. The molecule has 8 heteroatoms. The standard InChI is InChI=1S/C23H31N5O3/c1-30-23(28-12-14-31-15-13-28)22(29)17-2-5-19(6-3-17)26-8-10-27(11-9-26)21-7-4-18(24)16-20(21)25/h2-7,16,23H,8-15,24-25H2,1H3. The van der Waals surface area contributed by atoms with E-state index in [1.165, 1.54) is 0 Å². The summed E-state index contributed by atoms with van der Waals surface area (Å²) in [7, 11) is 1.58. The number of benzene rings is 2. The monoisotopic (exact) mass is 425 g/mol. The Bertz CT molecular complexity index is 891. The Balaban J connectivity index is 1.38. The molecule has 2 saturated heterocycles. The summed E-state index contributed by atoms with van der Waals surface area (Å²) in [6.45, 7) is 6.16. The third-order valence-corrected chi connectivity index (χ3v) is 6.01. The maximum absolute atomic E-state index is 13.0. The Kier molecular flexibility index (Phi) is 6.60. The third kappa shape index (κ3) is 4.76. The van der Waals surface area contributed by atoms with Crippen LogP contribution in [0.5, 0.6) is 0 Å². The molecule has 8 nitrogen and oxygen atoms in total. The van der Waals surface area contributed by atoms with E-state index in [1.807, 2.05) is 47.4 Å². The Hall–Kier alpha value is -2.81. The van der Waals surface area contributed by atoms with E-state index in [1.54, 1.807) is 7.11 Å². The zero-order chi connectivity index (χ0) is 21.8. The molecule has 0 aliphatic carbocycles. The van der Waals surface area contributed by atoms with Gasteiger partial charge in [-0.15, -0.1) is 0 Å². The molecule has 0 radical (unpaired) electrons. The van der Waals surface area contributed by atoms with Gasteiger partial charge in [0.15, 0.2) is 6.23 Å². The van der Waals surface area contributed by atoms with Crippen LogP contribution in [-0.2, 0) is 9.47 Å². The summed E-state index contributed by atoms with van der Waals surface area (Å²) in [5.41, 5.74) is 16.2. The molecule has 0 bridgehead atoms. The van der Waals surface area contributed by atoms with Crippen LogP contribution in [0.4, 0.5) is 22.7 Å². The number of ketones is 1. The van der Waals surface area contributed by atoms with Gasteiger partial charge in [-0.1, -0.05) is 0 Å². The lowest BCUT2D eigenvalue weighted by atomic mass is 10.1. The Labute approximate surface area is 183 Å². The van der Waals surface area contributed by atoms with Gasteiger partial charge in [0.2, 0.25) is 5.78 Å². The van der Waals surface area contributed by atoms with Gasteiger partial charge >= 0.3 is 0 Å². The summed E-state index contributed by atoms with van der Waals surface area (Å²) in [4.78, 5) is 19.6. The van der Waals surface area contributed by atoms with Crippen LogP contribution in [-0.4, -0.2) is 76.5 Å². The number of carbonyl (C=O) groups excluding carboxylic acids is 1. The van der Waals surface area contributed by atoms with Crippen molar-refractivity contribution in [2.45, 2.75) is 6.23 Å². The molecule has 0 saturated carbocycles. The molecule has 2 heterocycles. The molecule has 0 aromatic heterocycles. The molecule has 4 N–H and O–H groups in total. The molecule has 0 spiro atoms. The van der Waals surface area contributed by atoms with Gasteiger partial charge in [0.05, 0.1) is 24.6 Å². The van der Waals surface area contributed by atoms with Crippen LogP contribution in [0.25, 0.3) is 0 Å². The number of rotatable bonds is 6. The molecule has 2 aliphatic rings. The SMILES string of the molecule is COC(C(=O)c1ccc(N2CCN(c3ccc(N)cc3N)CC2)cc1)N1CCOCC1. The number of nitrogens with zero attached hydrogens (tertiary/aromatic N) is 3. The van der Waals surface area contributed by atoms with Gasteiger partial charge in [-0.2, -0.15) is 0 Å². The molecular weight excluding hydrogens is 394 g/mol. The number of Topliss-reactive ketones (excluding diaryl/α,β-unsaturated/α-hetero) is 1. The highest BCUT2D eigenvalue weighted by molar-refractivity contribution is 5.99. The molecule has 31 heavy (non-hydrogen) atoms. The van der Waals surface area contributed by atoms with Crippen LogP contribution in [0.1, 0.15) is 10.4 Å². The first kappa shape index (κ1) is 21.4. The number of nitrogens with two attached hydrogens (primary N) is 2. The fraction of sp³-hybridized carbons (Fsp3) is 0.435. The molecule has 4 rings (SSSR count). The number of nitrogen functional groups attached to an aromatic ring is 2. The average molecular weight is 426 g/mol. The van der Waals surface area contributed by atoms with Crippen LogP contribution in [0.15, 0.2) is 42.5 Å². The largest absolute Gasteiger partial charge is 0.399 e. The number of anilines is 4. The van der Waals surface area contributed by atoms with E-state index >= 15 is 0 Å². The lowest BCUT2D eigenvalue weighted by Gasteiger charge is -2.38. The average Bonchev–Trinajstić information content (AvgIpc) is 2.80. The molecule has 166 valence electrons. The summed E-state index contributed by atoms with van der Waals surface area (Å²) in [5.74, 6) is -0.0143. The van der Waals surface area contributed by atoms with Crippen molar-refractivity contribution in [3.8, 4) is 0 Å². The van der Waals surface area contributed by atoms with Crippen molar-refractivity contribution in [2.24, 2.45) is 0 Å². The van der Waals surface area contributed by atoms with Crippen molar-refractivity contribution in [3.63, 3.8) is 0 Å². The van der Waals surface area contributed by atoms with E-state index < -0.39 is 6.23 Å². The Morgan fingerprint density at radius 1 is 0.935 bits per heavy atom. The Morgan fingerprint density at radius 3 is 2.19 bits per heavy atom. The first-order valence-electron chi connectivity index (χ1n) is 10.7. The first-order valence-corrected chi connectivity index (χ1v) is 10.7. The van der Waals surface area contributed by atoms with Crippen LogP contribution in [0, 0.1) is 0 Å². The van der Waals surface area contributed by atoms with E-state index in [9.17, 15) is 4.79 Å². The van der Waals surface area contributed by atoms with E-state index in [4.69, 9.17) is 20.9 Å². The number of ether oxygens (including phenoxy) is 2. The zero-order valence-corrected chi connectivity index (χ0v) is 18.0. The van der Waals surface area contributed by atoms with Crippen LogP contribution in [0.2, 0.25) is 0 Å².